The van der Waals surface area contributed by atoms with Crippen molar-refractivity contribution in [1.29, 1.82) is 5.26 Å². The molecule has 108 valence electrons. The van der Waals surface area contributed by atoms with Gasteiger partial charge in [0, 0.05) is 11.6 Å². The Morgan fingerprint density at radius 2 is 2.05 bits per heavy atom. The van der Waals surface area contributed by atoms with E-state index in [4.69, 9.17) is 15.7 Å². The molecule has 3 nitrogen and oxygen atoms in total. The molecule has 2 aromatic rings. The van der Waals surface area contributed by atoms with Crippen LogP contribution in [0.3, 0.4) is 0 Å². The van der Waals surface area contributed by atoms with Crippen molar-refractivity contribution in [2.24, 2.45) is 5.73 Å². The molecular weight excluding hydrogens is 267 g/mol. The molecule has 0 saturated heterocycles. The molecule has 0 aliphatic heterocycles. The molecule has 0 aliphatic carbocycles. The fourth-order valence-electron chi connectivity index (χ4n) is 2.03. The van der Waals surface area contributed by atoms with Crippen molar-refractivity contribution in [3.8, 4) is 11.8 Å². The summed E-state index contributed by atoms with van der Waals surface area (Å²) in [6.07, 6.45) is 0. The zero-order valence-corrected chi connectivity index (χ0v) is 12.1. The van der Waals surface area contributed by atoms with Crippen LogP contribution in [0.2, 0.25) is 0 Å². The molecular formula is C17H17FN2O. The molecule has 0 aliphatic rings. The smallest absolute Gasteiger partial charge is 0.129 e. The molecule has 0 heterocycles. The monoisotopic (exact) mass is 284 g/mol. The fourth-order valence-corrected chi connectivity index (χ4v) is 2.03. The molecule has 0 amide bonds. The normalized spacial score (nSPS) is 11.8. The Kier molecular flexibility index (Phi) is 4.56. The molecule has 2 aromatic carbocycles. The van der Waals surface area contributed by atoms with Gasteiger partial charge in [-0.25, -0.2) is 4.39 Å². The van der Waals surface area contributed by atoms with E-state index in [9.17, 15) is 4.39 Å². The van der Waals surface area contributed by atoms with Crippen molar-refractivity contribution < 1.29 is 9.13 Å². The first-order valence-electron chi connectivity index (χ1n) is 6.68. The number of rotatable bonds is 4. The highest BCUT2D eigenvalue weighted by Gasteiger charge is 2.08. The summed E-state index contributed by atoms with van der Waals surface area (Å²) >= 11 is 0. The van der Waals surface area contributed by atoms with Gasteiger partial charge in [-0.2, -0.15) is 5.26 Å². The van der Waals surface area contributed by atoms with Crippen molar-refractivity contribution in [2.45, 2.75) is 26.5 Å². The second kappa shape index (κ2) is 6.38. The van der Waals surface area contributed by atoms with E-state index in [-0.39, 0.29) is 18.5 Å². The van der Waals surface area contributed by atoms with Gasteiger partial charge in [-0.1, -0.05) is 12.1 Å². The number of ether oxygens (including phenoxy) is 1. The predicted molar refractivity (Wildman–Crippen MR) is 79.2 cm³/mol. The van der Waals surface area contributed by atoms with Crippen LogP contribution in [-0.4, -0.2) is 0 Å². The van der Waals surface area contributed by atoms with Crippen LogP contribution in [0, 0.1) is 24.1 Å². The van der Waals surface area contributed by atoms with Crippen LogP contribution in [0.5, 0.6) is 5.75 Å². The molecule has 1 atom stereocenters. The molecule has 0 bridgehead atoms. The Morgan fingerprint density at radius 3 is 2.67 bits per heavy atom. The van der Waals surface area contributed by atoms with Crippen molar-refractivity contribution >= 4 is 0 Å². The van der Waals surface area contributed by atoms with Gasteiger partial charge in [0.2, 0.25) is 0 Å². The number of aryl methyl sites for hydroxylation is 1. The lowest BCUT2D eigenvalue weighted by atomic mass is 10.1. The summed E-state index contributed by atoms with van der Waals surface area (Å²) in [5.74, 6) is 0.306. The third kappa shape index (κ3) is 3.59. The Labute approximate surface area is 123 Å². The van der Waals surface area contributed by atoms with Gasteiger partial charge < -0.3 is 10.5 Å². The van der Waals surface area contributed by atoms with Gasteiger partial charge in [-0.05, 0) is 49.2 Å². The van der Waals surface area contributed by atoms with E-state index in [1.54, 1.807) is 0 Å². The van der Waals surface area contributed by atoms with E-state index in [0.29, 0.717) is 16.9 Å². The predicted octanol–water partition coefficient (Wildman–Crippen LogP) is 3.60. The van der Waals surface area contributed by atoms with Crippen molar-refractivity contribution in [1.82, 2.24) is 0 Å². The maximum absolute atomic E-state index is 13.7. The summed E-state index contributed by atoms with van der Waals surface area (Å²) in [5.41, 5.74) is 8.58. The van der Waals surface area contributed by atoms with Crippen LogP contribution in [0.15, 0.2) is 36.4 Å². The van der Waals surface area contributed by atoms with Crippen molar-refractivity contribution in [3.63, 3.8) is 0 Å². The first-order chi connectivity index (χ1) is 10.0. The zero-order chi connectivity index (χ0) is 15.4. The zero-order valence-electron chi connectivity index (χ0n) is 12.1. The largest absolute Gasteiger partial charge is 0.489 e. The maximum atomic E-state index is 13.7. The van der Waals surface area contributed by atoms with Gasteiger partial charge >= 0.3 is 0 Å². The molecule has 4 heteroatoms. The van der Waals surface area contributed by atoms with Crippen LogP contribution >= 0.6 is 0 Å². The molecule has 0 aromatic heterocycles. The number of hydrogen-bond acceptors (Lipinski definition) is 3. The lowest BCUT2D eigenvalue weighted by Crippen LogP contribution is -2.06. The molecule has 21 heavy (non-hydrogen) atoms. The summed E-state index contributed by atoms with van der Waals surface area (Å²) < 4.78 is 19.3. The lowest BCUT2D eigenvalue weighted by Gasteiger charge is -2.13. The second-order valence-electron chi connectivity index (χ2n) is 5.02. The van der Waals surface area contributed by atoms with E-state index in [0.717, 1.165) is 11.1 Å². The van der Waals surface area contributed by atoms with Crippen LogP contribution in [0.1, 0.15) is 35.2 Å². The maximum Gasteiger partial charge on any atom is 0.129 e. The number of nitrogens with zero attached hydrogens (tertiary/aromatic N) is 1. The number of hydrogen-bond donors (Lipinski definition) is 1. The minimum atomic E-state index is -0.376. The van der Waals surface area contributed by atoms with Gasteiger partial charge in [0.05, 0.1) is 11.6 Å². The number of nitrogens with two attached hydrogens (primary N) is 1. The van der Waals surface area contributed by atoms with Crippen molar-refractivity contribution in [2.75, 3.05) is 0 Å². The minimum absolute atomic E-state index is 0.0393. The van der Waals surface area contributed by atoms with E-state index < -0.39 is 0 Å². The van der Waals surface area contributed by atoms with Gasteiger partial charge in [-0.3, -0.25) is 0 Å². The summed E-state index contributed by atoms with van der Waals surface area (Å²) in [6.45, 7) is 3.92. The number of halogens is 1. The highest BCUT2D eigenvalue weighted by Crippen LogP contribution is 2.23. The van der Waals surface area contributed by atoms with Crippen molar-refractivity contribution in [3.05, 3.63) is 64.5 Å². The molecule has 0 radical (unpaired) electrons. The summed E-state index contributed by atoms with van der Waals surface area (Å²) in [7, 11) is 0. The van der Waals surface area contributed by atoms with Gasteiger partial charge in [0.1, 0.15) is 18.2 Å². The molecule has 2 N–H and O–H groups in total. The third-order valence-corrected chi connectivity index (χ3v) is 3.28. The van der Waals surface area contributed by atoms with Gasteiger partial charge in [0.15, 0.2) is 0 Å². The fraction of sp³-hybridized carbons (Fsp3) is 0.235. The van der Waals surface area contributed by atoms with Gasteiger partial charge in [-0.15, -0.1) is 0 Å². The quantitative estimate of drug-likeness (QED) is 0.933. The van der Waals surface area contributed by atoms with E-state index in [2.05, 4.69) is 0 Å². The average molecular weight is 284 g/mol. The first kappa shape index (κ1) is 15.0. The van der Waals surface area contributed by atoms with Crippen LogP contribution in [0.25, 0.3) is 0 Å². The number of nitriles is 1. The Morgan fingerprint density at radius 1 is 1.29 bits per heavy atom. The minimum Gasteiger partial charge on any atom is -0.489 e. The third-order valence-electron chi connectivity index (χ3n) is 3.28. The van der Waals surface area contributed by atoms with Crippen LogP contribution in [-0.2, 0) is 6.61 Å². The van der Waals surface area contributed by atoms with E-state index in [1.807, 2.05) is 38.1 Å². The summed E-state index contributed by atoms with van der Waals surface area (Å²) in [6, 6.07) is 11.9. The Hall–Kier alpha value is -2.38. The average Bonchev–Trinajstić information content (AvgIpc) is 2.47. The lowest BCUT2D eigenvalue weighted by molar-refractivity contribution is 0.297. The van der Waals surface area contributed by atoms with Gasteiger partial charge in [0.25, 0.3) is 0 Å². The van der Waals surface area contributed by atoms with E-state index in [1.165, 1.54) is 18.2 Å². The first-order valence-corrected chi connectivity index (χ1v) is 6.68. The summed E-state index contributed by atoms with van der Waals surface area (Å²) in [5, 5.41) is 8.84. The molecule has 2 rings (SSSR count). The Bertz CT molecular complexity index is 690. The van der Waals surface area contributed by atoms with Crippen LogP contribution < -0.4 is 10.5 Å². The standard InChI is InChI=1S/C17H17FN2O/c1-11-7-14(12(2)20)4-6-17(11)21-10-15-8-13(9-19)3-5-16(15)18/h3-8,12H,10,20H2,1-2H3. The van der Waals surface area contributed by atoms with Crippen LogP contribution in [0.4, 0.5) is 4.39 Å². The molecule has 0 spiro atoms. The molecule has 0 fully saturated rings. The summed E-state index contributed by atoms with van der Waals surface area (Å²) in [4.78, 5) is 0. The molecule has 0 saturated carbocycles. The highest BCUT2D eigenvalue weighted by molar-refractivity contribution is 5.38. The Balaban J connectivity index is 2.15. The van der Waals surface area contributed by atoms with E-state index >= 15 is 0 Å². The topological polar surface area (TPSA) is 59.0 Å². The second-order valence-corrected chi connectivity index (χ2v) is 5.02. The highest BCUT2D eigenvalue weighted by atomic mass is 19.1. The molecule has 1 unspecified atom stereocenters. The number of benzene rings is 2. The SMILES string of the molecule is Cc1cc(C(C)N)ccc1OCc1cc(C#N)ccc1F.